The van der Waals surface area contributed by atoms with Crippen molar-refractivity contribution < 1.29 is 9.59 Å². The van der Waals surface area contributed by atoms with E-state index in [0.717, 1.165) is 11.1 Å². The highest BCUT2D eigenvalue weighted by atomic mass is 32.1. The molecule has 7 heteroatoms. The van der Waals surface area contributed by atoms with Crippen molar-refractivity contribution in [1.82, 2.24) is 10.4 Å². The Labute approximate surface area is 146 Å². The van der Waals surface area contributed by atoms with Gasteiger partial charge in [-0.25, -0.2) is 5.01 Å². The molecule has 23 heavy (non-hydrogen) atoms. The molecule has 2 amide bonds. The van der Waals surface area contributed by atoms with E-state index in [9.17, 15) is 4.79 Å². The summed E-state index contributed by atoms with van der Waals surface area (Å²) < 4.78 is 0. The summed E-state index contributed by atoms with van der Waals surface area (Å²) in [6, 6.07) is 20.0. The van der Waals surface area contributed by atoms with Gasteiger partial charge in [0.25, 0.3) is 10.5 Å². The van der Waals surface area contributed by atoms with Gasteiger partial charge >= 0.3 is 0 Å². The zero-order chi connectivity index (χ0) is 17.1. The molecule has 0 aromatic heterocycles. The first kappa shape index (κ1) is 19.1. The highest BCUT2D eigenvalue weighted by Crippen LogP contribution is 2.08. The Balaban J connectivity index is 0.000000593. The number of hydrogen-bond acceptors (Lipinski definition) is 3. The van der Waals surface area contributed by atoms with E-state index in [0.29, 0.717) is 13.1 Å². The van der Waals surface area contributed by atoms with E-state index in [2.05, 4.69) is 36.4 Å². The van der Waals surface area contributed by atoms with Crippen LogP contribution in [0.4, 0.5) is 9.59 Å². The summed E-state index contributed by atoms with van der Waals surface area (Å²) in [6.07, 6.45) is 0. The monoisotopic (exact) mass is 349 g/mol. The number of amides is 2. The maximum atomic E-state index is 11.1. The van der Waals surface area contributed by atoms with Crippen LogP contribution in [0.2, 0.25) is 0 Å². The van der Waals surface area contributed by atoms with Crippen molar-refractivity contribution in [3.63, 3.8) is 0 Å². The quantitative estimate of drug-likeness (QED) is 0.494. The highest BCUT2D eigenvalue weighted by molar-refractivity contribution is 7.96. The molecular weight excluding hydrogens is 330 g/mol. The average molecular weight is 349 g/mol. The first-order valence-corrected chi connectivity index (χ1v) is 7.67. The summed E-state index contributed by atoms with van der Waals surface area (Å²) in [4.78, 5) is 20.2. The molecule has 2 rings (SSSR count). The van der Waals surface area contributed by atoms with Gasteiger partial charge in [-0.3, -0.25) is 15.0 Å². The molecule has 2 aromatic carbocycles. The Morgan fingerprint density at radius 2 is 1.22 bits per heavy atom. The molecule has 2 aromatic rings. The van der Waals surface area contributed by atoms with E-state index in [1.165, 1.54) is 0 Å². The number of primary amides is 1. The van der Waals surface area contributed by atoms with Crippen molar-refractivity contribution in [2.24, 2.45) is 5.73 Å². The van der Waals surface area contributed by atoms with Crippen LogP contribution in [-0.2, 0) is 13.1 Å². The van der Waals surface area contributed by atoms with E-state index >= 15 is 0 Å². The summed E-state index contributed by atoms with van der Waals surface area (Å²) in [6.45, 7) is 1.28. The van der Waals surface area contributed by atoms with E-state index in [4.69, 9.17) is 4.79 Å². The Morgan fingerprint density at radius 3 is 1.52 bits per heavy atom. The molecule has 5 nitrogen and oxygen atoms in total. The lowest BCUT2D eigenvalue weighted by atomic mass is 10.2. The molecule has 0 radical (unpaired) electrons. The highest BCUT2D eigenvalue weighted by Gasteiger charge is 2.08. The van der Waals surface area contributed by atoms with Crippen LogP contribution in [0.5, 0.6) is 0 Å². The number of benzene rings is 2. The zero-order valence-corrected chi connectivity index (χ0v) is 14.2. The van der Waals surface area contributed by atoms with E-state index in [1.54, 1.807) is 0 Å². The average Bonchev–Trinajstić information content (AvgIpc) is 2.48. The van der Waals surface area contributed by atoms with Crippen molar-refractivity contribution >= 4 is 35.7 Å². The lowest BCUT2D eigenvalue weighted by molar-refractivity contribution is 0.180. The maximum absolute atomic E-state index is 11.1. The third-order valence-electron chi connectivity index (χ3n) is 2.69. The molecule has 0 aliphatic rings. The van der Waals surface area contributed by atoms with Crippen LogP contribution in [0.3, 0.4) is 0 Å². The number of thiol groups is 2. The molecule has 122 valence electrons. The van der Waals surface area contributed by atoms with Crippen LogP contribution in [0.25, 0.3) is 0 Å². The predicted molar refractivity (Wildman–Crippen MR) is 98.2 cm³/mol. The number of hydrogen-bond donors (Lipinski definition) is 4. The predicted octanol–water partition coefficient (Wildman–Crippen LogP) is 3.24. The molecule has 0 atom stereocenters. The van der Waals surface area contributed by atoms with Crippen molar-refractivity contribution in [2.75, 3.05) is 0 Å². The topological polar surface area (TPSA) is 75.4 Å². The van der Waals surface area contributed by atoms with Gasteiger partial charge in [-0.15, -0.1) is 0 Å². The minimum absolute atomic E-state index is 0.355. The standard InChI is InChI=1S/C15H16N2OS.CH3NOS/c18-15(19)16-17(11-13-7-3-1-4-8-13)12-14-9-5-2-6-10-14;2-1(3)4/h1-10H,11-12H2,(H2,16,18,19);(H3,2,3,4). The maximum Gasteiger partial charge on any atom is 0.290 e. The number of hydrazine groups is 1. The lowest BCUT2D eigenvalue weighted by Crippen LogP contribution is -2.38. The van der Waals surface area contributed by atoms with Crippen LogP contribution < -0.4 is 11.2 Å². The van der Waals surface area contributed by atoms with Crippen molar-refractivity contribution in [1.29, 1.82) is 0 Å². The first-order chi connectivity index (χ1) is 11.0. The van der Waals surface area contributed by atoms with Crippen LogP contribution in [-0.4, -0.2) is 15.5 Å². The van der Waals surface area contributed by atoms with Gasteiger partial charge in [-0.05, 0) is 11.1 Å². The summed E-state index contributed by atoms with van der Waals surface area (Å²) in [5.74, 6) is 0. The normalized spacial score (nSPS) is 9.70. The molecule has 0 fully saturated rings. The molecule has 0 heterocycles. The SMILES string of the molecule is NC(=O)S.O=C(S)NN(Cc1ccccc1)Cc1ccccc1. The summed E-state index contributed by atoms with van der Waals surface area (Å²) in [7, 11) is 0. The smallest absolute Gasteiger partial charge is 0.290 e. The molecule has 0 spiro atoms. The van der Waals surface area contributed by atoms with Gasteiger partial charge in [0.1, 0.15) is 0 Å². The van der Waals surface area contributed by atoms with Gasteiger partial charge in [0, 0.05) is 13.1 Å². The Kier molecular flexibility index (Phi) is 8.89. The Bertz CT molecular complexity index is 564. The van der Waals surface area contributed by atoms with Gasteiger partial charge in [0.2, 0.25) is 0 Å². The van der Waals surface area contributed by atoms with Gasteiger partial charge < -0.3 is 5.73 Å². The van der Waals surface area contributed by atoms with Crippen molar-refractivity contribution in [2.45, 2.75) is 13.1 Å². The fourth-order valence-electron chi connectivity index (χ4n) is 1.88. The minimum Gasteiger partial charge on any atom is -0.361 e. The second kappa shape index (κ2) is 10.7. The van der Waals surface area contributed by atoms with Gasteiger partial charge in [0.15, 0.2) is 0 Å². The molecule has 0 saturated carbocycles. The van der Waals surface area contributed by atoms with Crippen LogP contribution in [0.15, 0.2) is 60.7 Å². The number of nitrogens with two attached hydrogens (primary N) is 1. The number of nitrogens with one attached hydrogen (secondary N) is 1. The fourth-order valence-corrected chi connectivity index (χ4v) is 2.02. The first-order valence-electron chi connectivity index (χ1n) is 6.78. The number of carbonyl (C=O) groups excluding carboxylic acids is 2. The molecule has 0 aliphatic heterocycles. The lowest BCUT2D eigenvalue weighted by Gasteiger charge is -2.22. The molecule has 0 saturated heterocycles. The number of rotatable bonds is 5. The molecule has 0 unspecified atom stereocenters. The van der Waals surface area contributed by atoms with Gasteiger partial charge in [-0.2, -0.15) is 0 Å². The van der Waals surface area contributed by atoms with Gasteiger partial charge in [0.05, 0.1) is 0 Å². The van der Waals surface area contributed by atoms with Crippen molar-refractivity contribution in [3.05, 3.63) is 71.8 Å². The van der Waals surface area contributed by atoms with Crippen LogP contribution >= 0.6 is 25.3 Å². The molecular formula is C16H19N3O2S2. The largest absolute Gasteiger partial charge is 0.361 e. The summed E-state index contributed by atoms with van der Waals surface area (Å²) in [5.41, 5.74) is 9.35. The van der Waals surface area contributed by atoms with Gasteiger partial charge in [-0.1, -0.05) is 85.9 Å². The molecule has 0 aliphatic carbocycles. The van der Waals surface area contributed by atoms with Crippen LogP contribution in [0.1, 0.15) is 11.1 Å². The zero-order valence-electron chi connectivity index (χ0n) is 12.4. The van der Waals surface area contributed by atoms with Crippen LogP contribution in [0, 0.1) is 0 Å². The molecule has 0 bridgehead atoms. The minimum atomic E-state index is -0.639. The summed E-state index contributed by atoms with van der Waals surface area (Å²) in [5, 5.41) is 0.854. The third kappa shape index (κ3) is 9.62. The van der Waals surface area contributed by atoms with E-state index in [1.807, 2.05) is 65.7 Å². The third-order valence-corrected chi connectivity index (χ3v) is 2.79. The van der Waals surface area contributed by atoms with E-state index < -0.39 is 5.24 Å². The fraction of sp³-hybridized carbons (Fsp3) is 0.125. The van der Waals surface area contributed by atoms with Crippen molar-refractivity contribution in [3.8, 4) is 0 Å². The molecule has 3 N–H and O–H groups in total. The van der Waals surface area contributed by atoms with E-state index in [-0.39, 0.29) is 5.24 Å². The number of carbonyl (C=O) groups is 2. The Morgan fingerprint density at radius 1 is 0.870 bits per heavy atom. The second-order valence-electron chi connectivity index (χ2n) is 4.58. The summed E-state index contributed by atoms with van der Waals surface area (Å²) >= 11 is 6.88. The second-order valence-corrected chi connectivity index (χ2v) is 5.43. The Hall–Kier alpha value is -1.96. The number of nitrogens with zero attached hydrogens (tertiary/aromatic N) is 1.